The van der Waals surface area contributed by atoms with Gasteiger partial charge in [0.05, 0.1) is 45.7 Å². The van der Waals surface area contributed by atoms with Crippen molar-refractivity contribution in [2.24, 2.45) is 5.73 Å². The first-order chi connectivity index (χ1) is 10.1. The zero-order valence-electron chi connectivity index (χ0n) is 11.0. The number of nitrogens with two attached hydrogens (primary N) is 1. The van der Waals surface area contributed by atoms with Crippen molar-refractivity contribution in [3.63, 3.8) is 0 Å². The van der Waals surface area contributed by atoms with Gasteiger partial charge in [0.1, 0.15) is 11.6 Å². The Kier molecular flexibility index (Phi) is 3.00. The fraction of sp³-hybridized carbons (Fsp3) is 0.214. The number of hydrogen-bond acceptors (Lipinski definition) is 6. The van der Waals surface area contributed by atoms with Crippen molar-refractivity contribution in [1.82, 2.24) is 4.90 Å². The Labute approximate surface area is 125 Å². The number of fused-ring (bicyclic) bond motifs is 1. The average Bonchev–Trinajstić information content (AvgIpc) is 3.08. The highest BCUT2D eigenvalue weighted by Gasteiger charge is 2.45. The van der Waals surface area contributed by atoms with Crippen molar-refractivity contribution < 1.29 is 9.21 Å². The van der Waals surface area contributed by atoms with Crippen LogP contribution in [0.2, 0.25) is 0 Å². The molecule has 0 saturated carbocycles. The molecule has 6 nitrogen and oxygen atoms in total. The van der Waals surface area contributed by atoms with Crippen LogP contribution >= 0.6 is 11.8 Å². The van der Waals surface area contributed by atoms with E-state index < -0.39 is 5.92 Å². The topological polar surface area (TPSA) is 107 Å². The molecule has 2 atom stereocenters. The van der Waals surface area contributed by atoms with Crippen molar-refractivity contribution in [3.05, 3.63) is 46.2 Å². The predicted molar refractivity (Wildman–Crippen MR) is 74.8 cm³/mol. The first-order valence-electron chi connectivity index (χ1n) is 6.18. The molecule has 0 unspecified atom stereocenters. The molecule has 0 radical (unpaired) electrons. The Morgan fingerprint density at radius 3 is 2.67 bits per heavy atom. The lowest BCUT2D eigenvalue weighted by molar-refractivity contribution is -0.125. The van der Waals surface area contributed by atoms with Crippen LogP contribution in [0.15, 0.2) is 44.8 Å². The van der Waals surface area contributed by atoms with E-state index in [4.69, 9.17) is 10.2 Å². The molecule has 2 N–H and O–H groups in total. The summed E-state index contributed by atoms with van der Waals surface area (Å²) in [7, 11) is 0. The normalized spacial score (nSPS) is 24.9. The molecule has 1 fully saturated rings. The molecule has 0 spiro atoms. The largest absolute Gasteiger partial charge is 0.468 e. The predicted octanol–water partition coefficient (Wildman–Crippen LogP) is 1.77. The molecule has 2 aliphatic heterocycles. The lowest BCUT2D eigenvalue weighted by atomic mass is 9.87. The molecule has 1 aromatic heterocycles. The molecular formula is C14H10N4O2S. The molecule has 104 valence electrons. The van der Waals surface area contributed by atoms with Crippen LogP contribution in [0.5, 0.6) is 0 Å². The lowest BCUT2D eigenvalue weighted by Gasteiger charge is -2.28. The minimum Gasteiger partial charge on any atom is -0.468 e. The van der Waals surface area contributed by atoms with Gasteiger partial charge < -0.3 is 10.2 Å². The van der Waals surface area contributed by atoms with Crippen LogP contribution in [-0.2, 0) is 4.79 Å². The van der Waals surface area contributed by atoms with Crippen molar-refractivity contribution in [1.29, 1.82) is 10.5 Å². The van der Waals surface area contributed by atoms with E-state index in [1.54, 1.807) is 19.1 Å². The molecule has 1 aromatic rings. The Morgan fingerprint density at radius 1 is 1.38 bits per heavy atom. The second-order valence-electron chi connectivity index (χ2n) is 4.62. The number of nitrogens with zero attached hydrogens (tertiary/aromatic N) is 3. The molecule has 1 saturated heterocycles. The van der Waals surface area contributed by atoms with Gasteiger partial charge in [-0.2, -0.15) is 10.5 Å². The maximum absolute atomic E-state index is 12.2. The van der Waals surface area contributed by atoms with Crippen molar-refractivity contribution >= 4 is 17.7 Å². The molecule has 7 heteroatoms. The number of carbonyl (C=O) groups excluding carboxylic acids is 1. The van der Waals surface area contributed by atoms with Crippen LogP contribution in [0.4, 0.5) is 0 Å². The second-order valence-corrected chi connectivity index (χ2v) is 5.95. The van der Waals surface area contributed by atoms with Gasteiger partial charge in [0.15, 0.2) is 0 Å². The van der Waals surface area contributed by atoms with E-state index in [2.05, 4.69) is 6.07 Å². The van der Waals surface area contributed by atoms with E-state index in [0.29, 0.717) is 16.4 Å². The van der Waals surface area contributed by atoms with Gasteiger partial charge in [-0.1, -0.05) is 11.8 Å². The van der Waals surface area contributed by atoms with E-state index in [1.807, 2.05) is 6.07 Å². The van der Waals surface area contributed by atoms with Crippen LogP contribution < -0.4 is 5.73 Å². The molecule has 1 amide bonds. The first-order valence-corrected chi connectivity index (χ1v) is 7.06. The van der Waals surface area contributed by atoms with Gasteiger partial charge in [-0.15, -0.1) is 0 Å². The number of nitriles is 2. The highest BCUT2D eigenvalue weighted by molar-refractivity contribution is 8.04. The number of rotatable bonds is 1. The molecule has 0 bridgehead atoms. The van der Waals surface area contributed by atoms with Gasteiger partial charge in [0.25, 0.3) is 0 Å². The number of hydrogen-bond donors (Lipinski definition) is 1. The lowest BCUT2D eigenvalue weighted by Crippen LogP contribution is -2.36. The first kappa shape index (κ1) is 13.3. The van der Waals surface area contributed by atoms with E-state index >= 15 is 0 Å². The molecular weight excluding hydrogens is 288 g/mol. The van der Waals surface area contributed by atoms with Crippen molar-refractivity contribution in [2.75, 3.05) is 0 Å². The van der Waals surface area contributed by atoms with E-state index in [0.717, 1.165) is 0 Å². The minimum atomic E-state index is -0.660. The Morgan fingerprint density at radius 2 is 2.10 bits per heavy atom. The second kappa shape index (κ2) is 4.72. The Balaban J connectivity index is 2.26. The Hall–Kier alpha value is -2.64. The molecule has 3 heterocycles. The zero-order valence-corrected chi connectivity index (χ0v) is 11.8. The smallest absolute Gasteiger partial charge is 0.246 e. The standard InChI is InChI=1S/C14H10N4O2S/c1-7-13(19)18-12(17)8(5-15)11(10-3-2-4-20-10)9(6-16)14(18)21-7/h2-4,7,11H,17H2,1H3/t7-,11-/m0/s1. The van der Waals surface area contributed by atoms with Gasteiger partial charge in [-0.05, 0) is 19.1 Å². The number of thioether (sulfide) groups is 1. The fourth-order valence-corrected chi connectivity index (χ4v) is 3.60. The average molecular weight is 298 g/mol. The SMILES string of the molecule is C[C@@H]1SC2=C(C#N)[C@@H](c3ccco3)C(C#N)=C(N)N2C1=O. The maximum Gasteiger partial charge on any atom is 0.246 e. The number of carbonyl (C=O) groups is 1. The summed E-state index contributed by atoms with van der Waals surface area (Å²) >= 11 is 1.28. The summed E-state index contributed by atoms with van der Waals surface area (Å²) in [6, 6.07) is 7.49. The quantitative estimate of drug-likeness (QED) is 0.846. The number of furan rings is 1. The van der Waals surface area contributed by atoms with Gasteiger partial charge >= 0.3 is 0 Å². The minimum absolute atomic E-state index is 0.0785. The van der Waals surface area contributed by atoms with Crippen molar-refractivity contribution in [2.45, 2.75) is 18.1 Å². The van der Waals surface area contributed by atoms with Gasteiger partial charge in [-0.25, -0.2) is 0 Å². The van der Waals surface area contributed by atoms with E-state index in [1.165, 1.54) is 22.9 Å². The van der Waals surface area contributed by atoms with Gasteiger partial charge in [0.2, 0.25) is 5.91 Å². The third kappa shape index (κ3) is 1.75. The van der Waals surface area contributed by atoms with Gasteiger partial charge in [0, 0.05) is 0 Å². The number of amides is 1. The zero-order chi connectivity index (χ0) is 15.1. The highest BCUT2D eigenvalue weighted by atomic mass is 32.2. The van der Waals surface area contributed by atoms with Crippen LogP contribution in [-0.4, -0.2) is 16.1 Å². The summed E-state index contributed by atoms with van der Waals surface area (Å²) < 4.78 is 5.35. The summed E-state index contributed by atoms with van der Waals surface area (Å²) in [5.74, 6) is -0.335. The van der Waals surface area contributed by atoms with E-state index in [-0.39, 0.29) is 22.6 Å². The summed E-state index contributed by atoms with van der Waals surface area (Å²) in [5, 5.41) is 19.1. The summed E-state index contributed by atoms with van der Waals surface area (Å²) in [5.41, 5.74) is 6.48. The third-order valence-corrected chi connectivity index (χ3v) is 4.63. The fourth-order valence-electron chi connectivity index (χ4n) is 2.47. The van der Waals surface area contributed by atoms with Crippen LogP contribution in [0.1, 0.15) is 18.6 Å². The Bertz CT molecular complexity index is 764. The van der Waals surface area contributed by atoms with E-state index in [9.17, 15) is 15.3 Å². The monoisotopic (exact) mass is 298 g/mol. The maximum atomic E-state index is 12.2. The van der Waals surface area contributed by atoms with Crippen molar-refractivity contribution in [3.8, 4) is 12.1 Å². The van der Waals surface area contributed by atoms with Gasteiger partial charge in [-0.3, -0.25) is 9.69 Å². The molecule has 0 aliphatic carbocycles. The highest BCUT2D eigenvalue weighted by Crippen LogP contribution is 2.48. The molecule has 0 aromatic carbocycles. The third-order valence-electron chi connectivity index (χ3n) is 3.45. The molecule has 21 heavy (non-hydrogen) atoms. The number of allylic oxidation sites excluding steroid dienone is 2. The molecule has 2 aliphatic rings. The molecule has 3 rings (SSSR count). The van der Waals surface area contributed by atoms with Crippen LogP contribution in [0.3, 0.4) is 0 Å². The summed E-state index contributed by atoms with van der Waals surface area (Å²) in [6.45, 7) is 1.74. The van der Waals surface area contributed by atoms with Crippen LogP contribution in [0, 0.1) is 22.7 Å². The summed E-state index contributed by atoms with van der Waals surface area (Å²) in [6.07, 6.45) is 1.47. The van der Waals surface area contributed by atoms with Crippen LogP contribution in [0.25, 0.3) is 0 Å². The summed E-state index contributed by atoms with van der Waals surface area (Å²) in [4.78, 5) is 13.5.